The summed E-state index contributed by atoms with van der Waals surface area (Å²) in [5.41, 5.74) is 3.03. The molecule has 0 saturated carbocycles. The van der Waals surface area contributed by atoms with Gasteiger partial charge in [-0.1, -0.05) is 41.6 Å². The van der Waals surface area contributed by atoms with Crippen LogP contribution in [0.3, 0.4) is 0 Å². The quantitative estimate of drug-likeness (QED) is 0.231. The Balaban J connectivity index is 1.37. The van der Waals surface area contributed by atoms with Gasteiger partial charge in [0, 0.05) is 26.9 Å². The van der Waals surface area contributed by atoms with Gasteiger partial charge in [0.05, 0.1) is 18.4 Å². The molecule has 0 fully saturated rings. The Morgan fingerprint density at radius 1 is 1.05 bits per heavy atom. The van der Waals surface area contributed by atoms with Crippen molar-refractivity contribution < 1.29 is 24.2 Å². The van der Waals surface area contributed by atoms with Gasteiger partial charge in [0.15, 0.2) is 5.82 Å². The molecule has 3 aromatic heterocycles. The molecule has 1 atom stereocenters. The van der Waals surface area contributed by atoms with Crippen molar-refractivity contribution in [2.45, 2.75) is 19.4 Å². The van der Waals surface area contributed by atoms with E-state index in [1.54, 1.807) is 49.0 Å². The van der Waals surface area contributed by atoms with Gasteiger partial charge >= 0.3 is 12.1 Å². The number of ether oxygens (including phenoxy) is 2. The number of nitrogens with zero attached hydrogens (tertiary/aromatic N) is 3. The number of benzene rings is 2. The number of carbonyl (C=O) groups is 2. The van der Waals surface area contributed by atoms with Crippen molar-refractivity contribution in [2.24, 2.45) is 7.05 Å². The van der Waals surface area contributed by atoms with Crippen LogP contribution in [0.4, 0.5) is 10.6 Å². The van der Waals surface area contributed by atoms with Crippen LogP contribution in [0, 0.1) is 0 Å². The Bertz CT molecular complexity index is 1590. The van der Waals surface area contributed by atoms with Gasteiger partial charge in [0.1, 0.15) is 17.5 Å². The average molecular weight is 549 g/mol. The fourth-order valence-electron chi connectivity index (χ4n) is 4.05. The molecule has 0 aliphatic heterocycles. The standard InChI is InChI=1S/C27H24N4O5S2/c1-15(17-7-5-4-6-8-17)36-27(34)28-26-25(29-30-31(26)2)23-14-22-21(38-23)13-20(37-22)18-10-9-16(12-24(32)33)11-19(18)35-3/h4-11,13-15H,12H2,1-3H3,(H,28,34)(H,32,33)/t15-/m1/s1. The van der Waals surface area contributed by atoms with Crippen molar-refractivity contribution in [1.82, 2.24) is 15.0 Å². The predicted molar refractivity (Wildman–Crippen MR) is 148 cm³/mol. The first-order valence-corrected chi connectivity index (χ1v) is 13.3. The van der Waals surface area contributed by atoms with Crippen LogP contribution in [-0.4, -0.2) is 39.3 Å². The van der Waals surface area contributed by atoms with E-state index in [0.717, 1.165) is 30.3 Å². The zero-order chi connectivity index (χ0) is 26.8. The SMILES string of the molecule is COc1cc(CC(=O)O)ccc1-c1cc2sc(-c3nnn(C)c3NC(=O)O[C@H](C)c3ccccc3)cc2s1. The number of methoxy groups -OCH3 is 1. The molecule has 0 saturated heterocycles. The lowest BCUT2D eigenvalue weighted by Gasteiger charge is -2.14. The second-order valence-electron chi connectivity index (χ2n) is 8.55. The number of aliphatic carboxylic acids is 1. The molecule has 11 heteroatoms. The lowest BCUT2D eigenvalue weighted by molar-refractivity contribution is -0.136. The monoisotopic (exact) mass is 548 g/mol. The molecule has 194 valence electrons. The van der Waals surface area contributed by atoms with E-state index in [-0.39, 0.29) is 6.42 Å². The highest BCUT2D eigenvalue weighted by molar-refractivity contribution is 7.31. The number of amides is 1. The van der Waals surface area contributed by atoms with E-state index in [0.29, 0.717) is 22.8 Å². The normalized spacial score (nSPS) is 11.9. The maximum atomic E-state index is 12.7. The van der Waals surface area contributed by atoms with E-state index in [1.165, 1.54) is 4.68 Å². The summed E-state index contributed by atoms with van der Waals surface area (Å²) < 4.78 is 14.7. The first-order valence-electron chi connectivity index (χ1n) is 11.7. The molecule has 0 aliphatic rings. The van der Waals surface area contributed by atoms with Gasteiger partial charge in [-0.15, -0.1) is 27.8 Å². The lowest BCUT2D eigenvalue weighted by Crippen LogP contribution is -2.18. The number of carbonyl (C=O) groups excluding carboxylic acids is 1. The van der Waals surface area contributed by atoms with E-state index in [4.69, 9.17) is 14.6 Å². The predicted octanol–water partition coefficient (Wildman–Crippen LogP) is 6.37. The van der Waals surface area contributed by atoms with Gasteiger partial charge in [-0.05, 0) is 42.3 Å². The Kier molecular flexibility index (Phi) is 7.12. The van der Waals surface area contributed by atoms with Gasteiger partial charge < -0.3 is 14.6 Å². The molecule has 2 N–H and O–H groups in total. The molecule has 1 amide bonds. The molecule has 9 nitrogen and oxygen atoms in total. The number of carboxylic acids is 1. The Morgan fingerprint density at radius 2 is 1.76 bits per heavy atom. The minimum absolute atomic E-state index is 0.0628. The topological polar surface area (TPSA) is 116 Å². The molecule has 5 rings (SSSR count). The molecule has 38 heavy (non-hydrogen) atoms. The van der Waals surface area contributed by atoms with E-state index in [1.807, 2.05) is 49.4 Å². The molecular weight excluding hydrogens is 524 g/mol. The fourth-order valence-corrected chi connectivity index (χ4v) is 6.46. The second kappa shape index (κ2) is 10.6. The van der Waals surface area contributed by atoms with E-state index in [2.05, 4.69) is 21.7 Å². The van der Waals surface area contributed by atoms with Gasteiger partial charge in [-0.2, -0.15) is 0 Å². The Morgan fingerprint density at radius 3 is 2.47 bits per heavy atom. The zero-order valence-electron chi connectivity index (χ0n) is 20.8. The summed E-state index contributed by atoms with van der Waals surface area (Å²) in [6, 6.07) is 19.1. The van der Waals surface area contributed by atoms with Crippen LogP contribution in [0.5, 0.6) is 5.75 Å². The van der Waals surface area contributed by atoms with Crippen LogP contribution in [0.1, 0.15) is 24.2 Å². The summed E-state index contributed by atoms with van der Waals surface area (Å²) >= 11 is 3.14. The zero-order valence-corrected chi connectivity index (χ0v) is 22.4. The molecule has 0 radical (unpaired) electrons. The molecule has 0 bridgehead atoms. The summed E-state index contributed by atoms with van der Waals surface area (Å²) in [4.78, 5) is 25.6. The van der Waals surface area contributed by atoms with Gasteiger partial charge in [0.25, 0.3) is 0 Å². The number of aromatic nitrogens is 3. The highest BCUT2D eigenvalue weighted by Crippen LogP contribution is 2.44. The van der Waals surface area contributed by atoms with Crippen molar-refractivity contribution in [3.63, 3.8) is 0 Å². The smallest absolute Gasteiger partial charge is 0.413 e. The van der Waals surface area contributed by atoms with Gasteiger partial charge in [-0.3, -0.25) is 10.1 Å². The van der Waals surface area contributed by atoms with E-state index < -0.39 is 18.2 Å². The highest BCUT2D eigenvalue weighted by atomic mass is 32.1. The van der Waals surface area contributed by atoms with Crippen molar-refractivity contribution in [3.05, 3.63) is 71.8 Å². The number of hydrogen-bond donors (Lipinski definition) is 2. The summed E-state index contributed by atoms with van der Waals surface area (Å²) in [7, 11) is 3.28. The van der Waals surface area contributed by atoms with Crippen molar-refractivity contribution in [3.8, 4) is 26.8 Å². The van der Waals surface area contributed by atoms with Crippen LogP contribution in [0.15, 0.2) is 60.7 Å². The number of anilines is 1. The van der Waals surface area contributed by atoms with Crippen LogP contribution >= 0.6 is 22.7 Å². The second-order valence-corrected chi connectivity index (χ2v) is 10.7. The van der Waals surface area contributed by atoms with Gasteiger partial charge in [0.2, 0.25) is 0 Å². The Hall–Kier alpha value is -4.22. The highest BCUT2D eigenvalue weighted by Gasteiger charge is 2.21. The molecule has 0 unspecified atom stereocenters. The number of fused-ring (bicyclic) bond motifs is 1. The summed E-state index contributed by atoms with van der Waals surface area (Å²) in [6.07, 6.45) is -1.07. The number of nitrogens with one attached hydrogen (secondary N) is 1. The summed E-state index contributed by atoms with van der Waals surface area (Å²) in [6.45, 7) is 1.82. The van der Waals surface area contributed by atoms with E-state index in [9.17, 15) is 9.59 Å². The molecule has 3 heterocycles. The van der Waals surface area contributed by atoms with Crippen LogP contribution in [0.25, 0.3) is 30.4 Å². The summed E-state index contributed by atoms with van der Waals surface area (Å²) in [5, 5.41) is 20.3. The largest absolute Gasteiger partial charge is 0.496 e. The van der Waals surface area contributed by atoms with Crippen LogP contribution in [-0.2, 0) is 23.0 Å². The molecule has 0 spiro atoms. The number of hydrogen-bond acceptors (Lipinski definition) is 8. The third-order valence-corrected chi connectivity index (χ3v) is 8.26. The van der Waals surface area contributed by atoms with Crippen molar-refractivity contribution in [2.75, 3.05) is 12.4 Å². The number of thiophene rings is 2. The van der Waals surface area contributed by atoms with Crippen LogP contribution in [0.2, 0.25) is 0 Å². The van der Waals surface area contributed by atoms with Crippen molar-refractivity contribution >= 4 is 50.0 Å². The summed E-state index contributed by atoms with van der Waals surface area (Å²) in [5.74, 6) is 0.183. The molecule has 0 aliphatic carbocycles. The number of rotatable bonds is 8. The average Bonchev–Trinajstić information content (AvgIpc) is 3.57. The minimum Gasteiger partial charge on any atom is -0.496 e. The van der Waals surface area contributed by atoms with Gasteiger partial charge in [-0.25, -0.2) is 9.48 Å². The lowest BCUT2D eigenvalue weighted by atomic mass is 10.1. The third kappa shape index (κ3) is 5.24. The fraction of sp³-hybridized carbons (Fsp3) is 0.185. The first-order chi connectivity index (χ1) is 18.3. The number of carboxylic acid groups (broad SMARTS) is 1. The number of aryl methyl sites for hydroxylation is 1. The van der Waals surface area contributed by atoms with E-state index >= 15 is 0 Å². The van der Waals surface area contributed by atoms with Crippen LogP contribution < -0.4 is 10.1 Å². The molecule has 5 aromatic rings. The Labute approximate surface area is 226 Å². The molecule has 2 aromatic carbocycles. The first kappa shape index (κ1) is 25.4. The maximum absolute atomic E-state index is 12.7. The molecular formula is C27H24N4O5S2. The maximum Gasteiger partial charge on any atom is 0.413 e. The minimum atomic E-state index is -0.888. The van der Waals surface area contributed by atoms with Crippen molar-refractivity contribution in [1.29, 1.82) is 0 Å². The third-order valence-electron chi connectivity index (χ3n) is 5.93.